The van der Waals surface area contributed by atoms with E-state index in [1.54, 1.807) is 49.4 Å². The number of benzene rings is 3. The Labute approximate surface area is 212 Å². The highest BCUT2D eigenvalue weighted by atomic mass is 35.5. The van der Waals surface area contributed by atoms with Gasteiger partial charge in [0.15, 0.2) is 0 Å². The van der Waals surface area contributed by atoms with Crippen LogP contribution in [0.5, 0.6) is 5.75 Å². The smallest absolute Gasteiger partial charge is 0.264 e. The van der Waals surface area contributed by atoms with Gasteiger partial charge >= 0.3 is 0 Å². The molecule has 0 aromatic heterocycles. The fourth-order valence-corrected chi connectivity index (χ4v) is 4.88. The number of hydrazone groups is 1. The van der Waals surface area contributed by atoms with Crippen molar-refractivity contribution in [2.75, 3.05) is 18.0 Å². The Kier molecular flexibility index (Phi) is 8.43. The maximum absolute atomic E-state index is 13.5. The van der Waals surface area contributed by atoms with E-state index in [2.05, 4.69) is 10.5 Å². The Balaban J connectivity index is 1.94. The number of carbonyl (C=O) groups excluding carboxylic acids is 1. The van der Waals surface area contributed by atoms with Gasteiger partial charge < -0.3 is 4.74 Å². The second-order valence-corrected chi connectivity index (χ2v) is 10.1. The van der Waals surface area contributed by atoms with Crippen molar-refractivity contribution in [1.29, 1.82) is 0 Å². The van der Waals surface area contributed by atoms with Crippen LogP contribution >= 0.6 is 34.8 Å². The number of hydrogen-bond acceptors (Lipinski definition) is 5. The molecule has 0 radical (unpaired) electrons. The summed E-state index contributed by atoms with van der Waals surface area (Å²) in [7, 11) is -2.75. The lowest BCUT2D eigenvalue weighted by Gasteiger charge is -2.25. The molecule has 0 fully saturated rings. The molecule has 0 unspecified atom stereocenters. The molecule has 0 bridgehead atoms. The third-order valence-corrected chi connectivity index (χ3v) is 7.46. The average molecular weight is 541 g/mol. The van der Waals surface area contributed by atoms with E-state index in [0.717, 1.165) is 4.31 Å². The number of hydrogen-bond donors (Lipinski definition) is 1. The summed E-state index contributed by atoms with van der Waals surface area (Å²) in [6.07, 6.45) is 0. The molecule has 11 heteroatoms. The molecule has 0 saturated heterocycles. The van der Waals surface area contributed by atoms with E-state index in [-0.39, 0.29) is 21.4 Å². The molecule has 0 heterocycles. The summed E-state index contributed by atoms with van der Waals surface area (Å²) in [5, 5.41) is 5.07. The van der Waals surface area contributed by atoms with Crippen LogP contribution in [0.15, 0.2) is 76.7 Å². The molecule has 1 amide bonds. The molecule has 178 valence electrons. The van der Waals surface area contributed by atoms with Crippen LogP contribution in [0.1, 0.15) is 12.5 Å². The Morgan fingerprint density at radius 2 is 1.71 bits per heavy atom. The molecule has 34 heavy (non-hydrogen) atoms. The molecular weight excluding hydrogens is 521 g/mol. The molecule has 0 saturated carbocycles. The number of methoxy groups -OCH3 is 1. The number of nitrogens with one attached hydrogen (secondary N) is 1. The van der Waals surface area contributed by atoms with E-state index in [1.807, 2.05) is 0 Å². The van der Waals surface area contributed by atoms with Crippen LogP contribution < -0.4 is 14.5 Å². The van der Waals surface area contributed by atoms with Gasteiger partial charge in [-0.1, -0.05) is 59.1 Å². The summed E-state index contributed by atoms with van der Waals surface area (Å²) >= 11 is 18.1. The molecule has 0 aliphatic carbocycles. The van der Waals surface area contributed by atoms with Gasteiger partial charge in [-0.25, -0.2) is 13.8 Å². The van der Waals surface area contributed by atoms with Crippen molar-refractivity contribution in [3.8, 4) is 5.75 Å². The molecular formula is C23H20Cl3N3O4S. The lowest BCUT2D eigenvalue weighted by Crippen LogP contribution is -2.40. The highest BCUT2D eigenvalue weighted by Gasteiger charge is 2.29. The van der Waals surface area contributed by atoms with Crippen molar-refractivity contribution in [3.63, 3.8) is 0 Å². The van der Waals surface area contributed by atoms with E-state index in [1.165, 1.54) is 31.4 Å². The summed E-state index contributed by atoms with van der Waals surface area (Å²) in [5.74, 6) is -0.451. The van der Waals surface area contributed by atoms with Gasteiger partial charge in [0, 0.05) is 5.02 Å². The predicted octanol–water partition coefficient (Wildman–Crippen LogP) is 5.39. The Morgan fingerprint density at radius 1 is 1.00 bits per heavy atom. The Bertz CT molecular complexity index is 1330. The standard InChI is InChI=1S/C23H20Cl3N3O4S/c1-15(16-8-10-19(25)20(26)12-16)27-28-23(30)14-29(21-13-17(24)9-11-22(21)33-2)34(31,32)18-6-4-3-5-7-18/h3-13H,14H2,1-2H3,(H,28,30). The fraction of sp³-hybridized carbons (Fsp3) is 0.130. The van der Waals surface area contributed by atoms with Gasteiger partial charge in [-0.05, 0) is 55.0 Å². The first-order valence-electron chi connectivity index (χ1n) is 9.83. The van der Waals surface area contributed by atoms with Gasteiger partial charge in [-0.3, -0.25) is 9.10 Å². The third kappa shape index (κ3) is 6.01. The minimum absolute atomic E-state index is 0.000293. The van der Waals surface area contributed by atoms with Crippen LogP contribution in [-0.4, -0.2) is 33.7 Å². The second-order valence-electron chi connectivity index (χ2n) is 7.00. The first kappa shape index (κ1) is 25.8. The maximum Gasteiger partial charge on any atom is 0.264 e. The van der Waals surface area contributed by atoms with Gasteiger partial charge in [0.05, 0.1) is 33.4 Å². The van der Waals surface area contributed by atoms with Gasteiger partial charge in [0.2, 0.25) is 0 Å². The number of nitrogens with zero attached hydrogens (tertiary/aromatic N) is 2. The van der Waals surface area contributed by atoms with E-state index in [9.17, 15) is 13.2 Å². The second kappa shape index (κ2) is 11.1. The van der Waals surface area contributed by atoms with Gasteiger partial charge in [-0.15, -0.1) is 0 Å². The molecule has 3 aromatic rings. The van der Waals surface area contributed by atoms with Gasteiger partial charge in [0.1, 0.15) is 12.3 Å². The van der Waals surface area contributed by atoms with Crippen molar-refractivity contribution in [1.82, 2.24) is 5.43 Å². The molecule has 0 aliphatic heterocycles. The molecule has 0 spiro atoms. The summed E-state index contributed by atoms with van der Waals surface area (Å²) < 4.78 is 33.2. The normalized spacial score (nSPS) is 11.7. The zero-order valence-corrected chi connectivity index (χ0v) is 21.2. The number of amides is 1. The van der Waals surface area contributed by atoms with E-state index >= 15 is 0 Å². The topological polar surface area (TPSA) is 88.1 Å². The first-order chi connectivity index (χ1) is 16.1. The number of carbonyl (C=O) groups is 1. The lowest BCUT2D eigenvalue weighted by atomic mass is 10.1. The van der Waals surface area contributed by atoms with Crippen LogP contribution in [-0.2, 0) is 14.8 Å². The fourth-order valence-electron chi connectivity index (χ4n) is 2.98. The van der Waals surface area contributed by atoms with Crippen LogP contribution in [0.3, 0.4) is 0 Å². The van der Waals surface area contributed by atoms with Gasteiger partial charge in [-0.2, -0.15) is 5.10 Å². The SMILES string of the molecule is COc1ccc(Cl)cc1N(CC(=O)NN=C(C)c1ccc(Cl)c(Cl)c1)S(=O)(=O)c1ccccc1. The Morgan fingerprint density at radius 3 is 2.35 bits per heavy atom. The minimum Gasteiger partial charge on any atom is -0.495 e. The molecule has 3 aromatic carbocycles. The number of anilines is 1. The molecule has 7 nitrogen and oxygen atoms in total. The van der Waals surface area contributed by atoms with E-state index in [4.69, 9.17) is 39.5 Å². The van der Waals surface area contributed by atoms with Crippen LogP contribution in [0.4, 0.5) is 5.69 Å². The summed E-state index contributed by atoms with van der Waals surface area (Å²) in [4.78, 5) is 12.8. The van der Waals surface area contributed by atoms with Crippen LogP contribution in [0.2, 0.25) is 15.1 Å². The maximum atomic E-state index is 13.5. The molecule has 1 N–H and O–H groups in total. The number of rotatable bonds is 8. The quantitative estimate of drug-likeness (QED) is 0.306. The predicted molar refractivity (Wildman–Crippen MR) is 136 cm³/mol. The first-order valence-corrected chi connectivity index (χ1v) is 12.4. The van der Waals surface area contributed by atoms with Crippen molar-refractivity contribution < 1.29 is 17.9 Å². The highest BCUT2D eigenvalue weighted by Crippen LogP contribution is 2.34. The lowest BCUT2D eigenvalue weighted by molar-refractivity contribution is -0.119. The summed E-state index contributed by atoms with van der Waals surface area (Å²) in [6.45, 7) is 1.09. The zero-order chi connectivity index (χ0) is 24.9. The largest absolute Gasteiger partial charge is 0.495 e. The van der Waals surface area contributed by atoms with E-state index < -0.39 is 22.5 Å². The third-order valence-electron chi connectivity index (χ3n) is 4.71. The van der Waals surface area contributed by atoms with Gasteiger partial charge in [0.25, 0.3) is 15.9 Å². The van der Waals surface area contributed by atoms with E-state index in [0.29, 0.717) is 21.3 Å². The van der Waals surface area contributed by atoms with Crippen molar-refractivity contribution in [2.24, 2.45) is 5.10 Å². The number of ether oxygens (including phenoxy) is 1. The monoisotopic (exact) mass is 539 g/mol. The summed E-state index contributed by atoms with van der Waals surface area (Å²) in [6, 6.07) is 17.1. The van der Waals surface area contributed by atoms with Crippen molar-refractivity contribution in [3.05, 3.63) is 87.4 Å². The Hall–Kier alpha value is -2.78. The highest BCUT2D eigenvalue weighted by molar-refractivity contribution is 7.92. The number of sulfonamides is 1. The van der Waals surface area contributed by atoms with Crippen molar-refractivity contribution in [2.45, 2.75) is 11.8 Å². The minimum atomic E-state index is -4.15. The van der Waals surface area contributed by atoms with Crippen LogP contribution in [0, 0.1) is 0 Å². The molecule has 0 atom stereocenters. The molecule has 3 rings (SSSR count). The zero-order valence-electron chi connectivity index (χ0n) is 18.1. The summed E-state index contributed by atoms with van der Waals surface area (Å²) in [5.41, 5.74) is 3.58. The average Bonchev–Trinajstić information content (AvgIpc) is 2.83. The van der Waals surface area contributed by atoms with Crippen molar-refractivity contribution >= 4 is 62.1 Å². The molecule has 0 aliphatic rings. The number of halogens is 3. The van der Waals surface area contributed by atoms with Crippen LogP contribution in [0.25, 0.3) is 0 Å².